The molecule has 0 saturated heterocycles. The van der Waals surface area contributed by atoms with Gasteiger partial charge in [0.15, 0.2) is 5.76 Å². The van der Waals surface area contributed by atoms with Crippen molar-refractivity contribution in [3.05, 3.63) is 23.7 Å². The first-order valence-corrected chi connectivity index (χ1v) is 8.61. The van der Waals surface area contributed by atoms with E-state index in [1.807, 2.05) is 0 Å². The number of methoxy groups -OCH3 is 1. The van der Waals surface area contributed by atoms with E-state index in [2.05, 4.69) is 30.7 Å². The van der Waals surface area contributed by atoms with Gasteiger partial charge in [0.2, 0.25) is 21.9 Å². The molecule has 0 radical (unpaired) electrons. The van der Waals surface area contributed by atoms with Gasteiger partial charge in [-0.3, -0.25) is 15.6 Å². The number of rotatable bonds is 7. The molecule has 0 fully saturated rings. The van der Waals surface area contributed by atoms with Crippen LogP contribution in [0.3, 0.4) is 0 Å². The maximum atomic E-state index is 12.4. The molecule has 0 aliphatic carbocycles. The lowest BCUT2D eigenvalue weighted by Crippen LogP contribution is -2.46. The molecular formula is C13H18N6O5S. The van der Waals surface area contributed by atoms with Gasteiger partial charge in [0, 0.05) is 12.3 Å². The Kier molecular flexibility index (Phi) is 5.54. The summed E-state index contributed by atoms with van der Waals surface area (Å²) in [7, 11) is -2.52. The number of amides is 1. The normalized spacial score (nSPS) is 12.5. The van der Waals surface area contributed by atoms with Crippen molar-refractivity contribution < 1.29 is 22.5 Å². The molecular weight excluding hydrogens is 352 g/mol. The van der Waals surface area contributed by atoms with E-state index < -0.39 is 22.0 Å². The van der Waals surface area contributed by atoms with Crippen LogP contribution in [0.25, 0.3) is 0 Å². The van der Waals surface area contributed by atoms with E-state index in [1.165, 1.54) is 40.1 Å². The van der Waals surface area contributed by atoms with E-state index in [4.69, 9.17) is 9.26 Å². The van der Waals surface area contributed by atoms with Crippen LogP contribution in [0.4, 0.5) is 5.95 Å². The van der Waals surface area contributed by atoms with Crippen molar-refractivity contribution in [2.24, 2.45) is 0 Å². The predicted molar refractivity (Wildman–Crippen MR) is 86.1 cm³/mol. The Balaban J connectivity index is 2.00. The highest BCUT2D eigenvalue weighted by atomic mass is 32.2. The molecule has 2 rings (SSSR count). The van der Waals surface area contributed by atoms with Crippen LogP contribution in [-0.2, 0) is 14.8 Å². The van der Waals surface area contributed by atoms with E-state index in [1.54, 1.807) is 0 Å². The smallest absolute Gasteiger partial charge is 0.256 e. The van der Waals surface area contributed by atoms with Crippen molar-refractivity contribution in [3.8, 4) is 5.88 Å². The SMILES string of the molecule is COc1ccnc(NNC(=O)[C@H](C)NS(=O)(=O)c2c(C)noc2C)n1. The van der Waals surface area contributed by atoms with Crippen molar-refractivity contribution in [1.82, 2.24) is 25.3 Å². The van der Waals surface area contributed by atoms with Crippen molar-refractivity contribution in [3.63, 3.8) is 0 Å². The first kappa shape index (κ1) is 18.6. The van der Waals surface area contributed by atoms with Crippen molar-refractivity contribution in [2.75, 3.05) is 12.5 Å². The standard InChI is InChI=1S/C13H18N6O5S/c1-7-11(9(3)24-18-7)25(21,22)19-8(2)12(20)16-17-13-14-6-5-10(15-13)23-4/h5-6,8,19H,1-4H3,(H,16,20)(H,14,15,17)/t8-/m0/s1. The monoisotopic (exact) mass is 370 g/mol. The van der Waals surface area contributed by atoms with Gasteiger partial charge < -0.3 is 9.26 Å². The van der Waals surface area contributed by atoms with Crippen LogP contribution in [0.1, 0.15) is 18.4 Å². The zero-order valence-corrected chi connectivity index (χ0v) is 14.8. The first-order chi connectivity index (χ1) is 11.7. The van der Waals surface area contributed by atoms with Gasteiger partial charge in [-0.25, -0.2) is 13.4 Å². The summed E-state index contributed by atoms with van der Waals surface area (Å²) in [5.41, 5.74) is 5.00. The molecule has 2 aromatic rings. The summed E-state index contributed by atoms with van der Waals surface area (Å²) >= 11 is 0. The molecule has 0 aliphatic rings. The van der Waals surface area contributed by atoms with Crippen LogP contribution in [0.2, 0.25) is 0 Å². The van der Waals surface area contributed by atoms with Gasteiger partial charge >= 0.3 is 0 Å². The second kappa shape index (κ2) is 7.44. The van der Waals surface area contributed by atoms with Crippen LogP contribution in [0.15, 0.2) is 21.7 Å². The first-order valence-electron chi connectivity index (χ1n) is 7.12. The zero-order chi connectivity index (χ0) is 18.6. The van der Waals surface area contributed by atoms with Crippen molar-refractivity contribution in [1.29, 1.82) is 0 Å². The number of sulfonamides is 1. The molecule has 136 valence electrons. The van der Waals surface area contributed by atoms with E-state index >= 15 is 0 Å². The molecule has 25 heavy (non-hydrogen) atoms. The molecule has 11 nitrogen and oxygen atoms in total. The van der Waals surface area contributed by atoms with Gasteiger partial charge in [-0.15, -0.1) is 0 Å². The van der Waals surface area contributed by atoms with Gasteiger partial charge in [-0.2, -0.15) is 9.71 Å². The summed E-state index contributed by atoms with van der Waals surface area (Å²) < 4.78 is 36.7. The summed E-state index contributed by atoms with van der Waals surface area (Å²) in [6.07, 6.45) is 1.43. The Labute approximate surface area is 144 Å². The molecule has 2 heterocycles. The lowest BCUT2D eigenvalue weighted by Gasteiger charge is -2.14. The summed E-state index contributed by atoms with van der Waals surface area (Å²) in [6, 6.07) is 0.463. The Morgan fingerprint density at radius 3 is 2.68 bits per heavy atom. The molecule has 0 bridgehead atoms. The van der Waals surface area contributed by atoms with Crippen LogP contribution in [-0.4, -0.2) is 42.6 Å². The number of nitrogens with zero attached hydrogens (tertiary/aromatic N) is 3. The highest BCUT2D eigenvalue weighted by molar-refractivity contribution is 7.89. The average Bonchev–Trinajstić information content (AvgIpc) is 2.91. The molecule has 2 aromatic heterocycles. The van der Waals surface area contributed by atoms with Gasteiger partial charge in [-0.1, -0.05) is 5.16 Å². The number of carbonyl (C=O) groups is 1. The molecule has 0 saturated carbocycles. The molecule has 0 spiro atoms. The fourth-order valence-electron chi connectivity index (χ4n) is 1.95. The minimum Gasteiger partial charge on any atom is -0.481 e. The molecule has 3 N–H and O–H groups in total. The highest BCUT2D eigenvalue weighted by Crippen LogP contribution is 2.18. The third-order valence-corrected chi connectivity index (χ3v) is 4.88. The quantitative estimate of drug-likeness (QED) is 0.568. The van der Waals surface area contributed by atoms with Gasteiger partial charge in [0.05, 0.1) is 13.2 Å². The number of aromatic nitrogens is 3. The van der Waals surface area contributed by atoms with Crippen molar-refractivity contribution in [2.45, 2.75) is 31.7 Å². The van der Waals surface area contributed by atoms with Gasteiger partial charge in [-0.05, 0) is 20.8 Å². The molecule has 0 aromatic carbocycles. The second-order valence-corrected chi connectivity index (χ2v) is 6.68. The Morgan fingerprint density at radius 2 is 2.08 bits per heavy atom. The maximum absolute atomic E-state index is 12.4. The number of hydrogen-bond acceptors (Lipinski definition) is 9. The van der Waals surface area contributed by atoms with Gasteiger partial charge in [0.25, 0.3) is 5.91 Å². The topological polar surface area (TPSA) is 148 Å². The number of carbonyl (C=O) groups excluding carboxylic acids is 1. The predicted octanol–water partition coefficient (Wildman–Crippen LogP) is -0.0999. The van der Waals surface area contributed by atoms with E-state index in [0.29, 0.717) is 5.88 Å². The summed E-state index contributed by atoms with van der Waals surface area (Å²) in [6.45, 7) is 4.36. The Morgan fingerprint density at radius 1 is 1.36 bits per heavy atom. The number of hydrogen-bond donors (Lipinski definition) is 3. The largest absolute Gasteiger partial charge is 0.481 e. The van der Waals surface area contributed by atoms with E-state index in [-0.39, 0.29) is 22.3 Å². The third-order valence-electron chi connectivity index (χ3n) is 3.10. The fraction of sp³-hybridized carbons (Fsp3) is 0.385. The van der Waals surface area contributed by atoms with Gasteiger partial charge in [0.1, 0.15) is 10.6 Å². The minimum absolute atomic E-state index is 0.0868. The lowest BCUT2D eigenvalue weighted by atomic mass is 10.3. The summed E-state index contributed by atoms with van der Waals surface area (Å²) in [4.78, 5) is 19.8. The number of hydrazine groups is 1. The minimum atomic E-state index is -3.96. The van der Waals surface area contributed by atoms with Crippen LogP contribution >= 0.6 is 0 Å². The molecule has 0 aliphatic heterocycles. The summed E-state index contributed by atoms with van der Waals surface area (Å²) in [5.74, 6) is -0.102. The number of ether oxygens (including phenoxy) is 1. The van der Waals surface area contributed by atoms with Crippen LogP contribution in [0.5, 0.6) is 5.88 Å². The van der Waals surface area contributed by atoms with Crippen LogP contribution in [0, 0.1) is 13.8 Å². The lowest BCUT2D eigenvalue weighted by molar-refractivity contribution is -0.121. The Hall–Kier alpha value is -2.73. The van der Waals surface area contributed by atoms with E-state index in [9.17, 15) is 13.2 Å². The Bertz CT molecular complexity index is 846. The average molecular weight is 370 g/mol. The van der Waals surface area contributed by atoms with Crippen LogP contribution < -0.4 is 20.3 Å². The second-order valence-electron chi connectivity index (χ2n) is 5.03. The zero-order valence-electron chi connectivity index (χ0n) is 14.0. The third kappa shape index (κ3) is 4.42. The molecule has 1 atom stereocenters. The molecule has 0 unspecified atom stereocenters. The highest BCUT2D eigenvalue weighted by Gasteiger charge is 2.28. The summed E-state index contributed by atoms with van der Waals surface area (Å²) in [5, 5.41) is 3.59. The number of nitrogens with one attached hydrogen (secondary N) is 3. The fourth-order valence-corrected chi connectivity index (χ4v) is 3.48. The van der Waals surface area contributed by atoms with E-state index in [0.717, 1.165) is 0 Å². The number of anilines is 1. The number of aryl methyl sites for hydroxylation is 2. The molecule has 1 amide bonds. The van der Waals surface area contributed by atoms with Crippen molar-refractivity contribution >= 4 is 21.9 Å². The maximum Gasteiger partial charge on any atom is 0.256 e. The molecule has 12 heteroatoms.